The average Bonchev–Trinajstić information content (AvgIpc) is 3.40. The molecule has 2 heterocycles. The fraction of sp³-hybridized carbons (Fsp3) is 0.367. The molecule has 0 aromatic heterocycles. The molecule has 4 nitrogen and oxygen atoms in total. The lowest BCUT2D eigenvalue weighted by Gasteiger charge is -2.42. The molecule has 2 aliphatic rings. The summed E-state index contributed by atoms with van der Waals surface area (Å²) in [6.07, 6.45) is 1.97. The maximum absolute atomic E-state index is 14.1. The summed E-state index contributed by atoms with van der Waals surface area (Å²) in [6, 6.07) is 30.0. The van der Waals surface area contributed by atoms with Gasteiger partial charge in [-0.25, -0.2) is 0 Å². The maximum atomic E-state index is 14.1. The molecule has 4 heteroatoms. The number of amides is 1. The standard InChI is InChI=1S/C30H34N2O2/c1-34-21-22-9-8-14-26(17-22)27-19-31-20-28(27)30(33)32-16-15-25(23-10-4-2-5-11-23)18-29(32)24-12-6-3-7-13-24/h2-14,17,25,27-29,31H,15-16,18-21H2,1H3/t25?,27?,28-,29?/m1/s1. The van der Waals surface area contributed by atoms with Crippen molar-refractivity contribution in [3.63, 3.8) is 0 Å². The Balaban J connectivity index is 1.40. The molecule has 0 radical (unpaired) electrons. The minimum absolute atomic E-state index is 0.0442. The van der Waals surface area contributed by atoms with Crippen molar-refractivity contribution >= 4 is 5.91 Å². The smallest absolute Gasteiger partial charge is 0.228 e. The molecule has 1 N–H and O–H groups in total. The van der Waals surface area contributed by atoms with Crippen molar-refractivity contribution in [3.8, 4) is 0 Å². The van der Waals surface area contributed by atoms with Gasteiger partial charge in [-0.3, -0.25) is 4.79 Å². The number of hydrogen-bond donors (Lipinski definition) is 1. The molecule has 3 unspecified atom stereocenters. The van der Waals surface area contributed by atoms with Crippen molar-refractivity contribution in [1.82, 2.24) is 10.2 Å². The number of carbonyl (C=O) groups is 1. The molecule has 3 aromatic carbocycles. The van der Waals surface area contributed by atoms with Crippen LogP contribution in [-0.4, -0.2) is 37.6 Å². The molecule has 0 aliphatic carbocycles. The van der Waals surface area contributed by atoms with Gasteiger partial charge in [0, 0.05) is 32.7 Å². The summed E-state index contributed by atoms with van der Waals surface area (Å²) >= 11 is 0. The van der Waals surface area contributed by atoms with E-state index in [0.717, 1.165) is 38.0 Å². The monoisotopic (exact) mass is 454 g/mol. The minimum Gasteiger partial charge on any atom is -0.380 e. The highest BCUT2D eigenvalue weighted by Crippen LogP contribution is 2.41. The van der Waals surface area contributed by atoms with Crippen LogP contribution in [0.1, 0.15) is 53.0 Å². The van der Waals surface area contributed by atoms with Crippen molar-refractivity contribution in [2.24, 2.45) is 5.92 Å². The predicted octanol–water partition coefficient (Wildman–Crippen LogP) is 5.28. The fourth-order valence-electron chi connectivity index (χ4n) is 5.83. The number of nitrogens with one attached hydrogen (secondary N) is 1. The normalized spacial score (nSPS) is 24.8. The van der Waals surface area contributed by atoms with Gasteiger partial charge < -0.3 is 15.0 Å². The molecule has 2 saturated heterocycles. The Labute approximate surface area is 202 Å². The van der Waals surface area contributed by atoms with Gasteiger partial charge in [0.15, 0.2) is 0 Å². The zero-order chi connectivity index (χ0) is 23.3. The third kappa shape index (κ3) is 4.79. The molecular formula is C30H34N2O2. The molecular weight excluding hydrogens is 420 g/mol. The Morgan fingerprint density at radius 1 is 0.912 bits per heavy atom. The number of nitrogens with zero attached hydrogens (tertiary/aromatic N) is 1. The summed E-state index contributed by atoms with van der Waals surface area (Å²) in [5, 5.41) is 3.50. The van der Waals surface area contributed by atoms with Gasteiger partial charge in [-0.15, -0.1) is 0 Å². The number of likely N-dealkylation sites (tertiary alicyclic amines) is 1. The van der Waals surface area contributed by atoms with Gasteiger partial charge in [0.1, 0.15) is 0 Å². The van der Waals surface area contributed by atoms with E-state index in [0.29, 0.717) is 12.5 Å². The van der Waals surface area contributed by atoms with Crippen LogP contribution in [0.5, 0.6) is 0 Å². The van der Waals surface area contributed by atoms with Crippen molar-refractivity contribution < 1.29 is 9.53 Å². The van der Waals surface area contributed by atoms with E-state index in [1.807, 2.05) is 0 Å². The van der Waals surface area contributed by atoms with Crippen LogP contribution in [0.15, 0.2) is 84.9 Å². The van der Waals surface area contributed by atoms with E-state index >= 15 is 0 Å². The van der Waals surface area contributed by atoms with Crippen molar-refractivity contribution in [2.45, 2.75) is 37.3 Å². The molecule has 0 bridgehead atoms. The summed E-state index contributed by atoms with van der Waals surface area (Å²) in [5.41, 5.74) is 5.00. The molecule has 4 atom stereocenters. The Hall–Kier alpha value is -2.95. The van der Waals surface area contributed by atoms with Crippen molar-refractivity contribution in [3.05, 3.63) is 107 Å². The lowest BCUT2D eigenvalue weighted by molar-refractivity contribution is -0.139. The van der Waals surface area contributed by atoms with E-state index in [4.69, 9.17) is 4.74 Å². The molecule has 0 spiro atoms. The quantitative estimate of drug-likeness (QED) is 0.551. The van der Waals surface area contributed by atoms with E-state index in [-0.39, 0.29) is 23.8 Å². The summed E-state index contributed by atoms with van der Waals surface area (Å²) in [6.45, 7) is 2.96. The topological polar surface area (TPSA) is 41.6 Å². The number of carbonyl (C=O) groups excluding carboxylic acids is 1. The highest BCUT2D eigenvalue weighted by Gasteiger charge is 2.41. The second kappa shape index (κ2) is 10.5. The molecule has 0 saturated carbocycles. The number of hydrogen-bond acceptors (Lipinski definition) is 3. The summed E-state index contributed by atoms with van der Waals surface area (Å²) in [4.78, 5) is 16.3. The largest absolute Gasteiger partial charge is 0.380 e. The molecule has 2 aliphatic heterocycles. The van der Waals surface area contributed by atoms with E-state index in [2.05, 4.69) is 95.1 Å². The molecule has 34 heavy (non-hydrogen) atoms. The first-order chi connectivity index (χ1) is 16.7. The molecule has 5 rings (SSSR count). The highest BCUT2D eigenvalue weighted by molar-refractivity contribution is 5.81. The fourth-order valence-corrected chi connectivity index (χ4v) is 5.83. The van der Waals surface area contributed by atoms with Crippen LogP contribution in [-0.2, 0) is 16.1 Å². The van der Waals surface area contributed by atoms with E-state index < -0.39 is 0 Å². The van der Waals surface area contributed by atoms with Gasteiger partial charge in [0.05, 0.1) is 18.6 Å². The van der Waals surface area contributed by atoms with Gasteiger partial charge >= 0.3 is 0 Å². The zero-order valence-corrected chi connectivity index (χ0v) is 19.9. The van der Waals surface area contributed by atoms with Crippen molar-refractivity contribution in [1.29, 1.82) is 0 Å². The van der Waals surface area contributed by atoms with E-state index in [9.17, 15) is 4.79 Å². The lowest BCUT2D eigenvalue weighted by atomic mass is 9.81. The first-order valence-electron chi connectivity index (χ1n) is 12.4. The molecule has 3 aromatic rings. The predicted molar refractivity (Wildman–Crippen MR) is 136 cm³/mol. The van der Waals surface area contributed by atoms with Crippen LogP contribution in [0.2, 0.25) is 0 Å². The van der Waals surface area contributed by atoms with E-state index in [1.165, 1.54) is 16.7 Å². The summed E-state index contributed by atoms with van der Waals surface area (Å²) in [5.74, 6) is 0.899. The summed E-state index contributed by atoms with van der Waals surface area (Å²) in [7, 11) is 1.72. The number of ether oxygens (including phenoxy) is 1. The van der Waals surface area contributed by atoms with Crippen LogP contribution in [0.4, 0.5) is 0 Å². The summed E-state index contributed by atoms with van der Waals surface area (Å²) < 4.78 is 5.33. The molecule has 2 fully saturated rings. The van der Waals surface area contributed by atoms with Gasteiger partial charge in [-0.2, -0.15) is 0 Å². The number of rotatable bonds is 6. The zero-order valence-electron chi connectivity index (χ0n) is 19.9. The van der Waals surface area contributed by atoms with Gasteiger partial charge in [0.25, 0.3) is 0 Å². The van der Waals surface area contributed by atoms with E-state index in [1.54, 1.807) is 7.11 Å². The number of piperidine rings is 1. The Kier molecular flexibility index (Phi) is 7.08. The molecule has 1 amide bonds. The van der Waals surface area contributed by atoms with Gasteiger partial charge in [0.2, 0.25) is 5.91 Å². The second-order valence-corrected chi connectivity index (χ2v) is 9.64. The molecule has 176 valence electrons. The number of benzene rings is 3. The van der Waals surface area contributed by atoms with Crippen LogP contribution in [0.25, 0.3) is 0 Å². The Morgan fingerprint density at radius 2 is 1.62 bits per heavy atom. The van der Waals surface area contributed by atoms with Crippen molar-refractivity contribution in [2.75, 3.05) is 26.7 Å². The third-order valence-electron chi connectivity index (χ3n) is 7.56. The van der Waals surface area contributed by atoms with Crippen LogP contribution in [0, 0.1) is 5.92 Å². The Morgan fingerprint density at radius 3 is 2.35 bits per heavy atom. The average molecular weight is 455 g/mol. The highest BCUT2D eigenvalue weighted by atomic mass is 16.5. The van der Waals surface area contributed by atoms with Crippen LogP contribution < -0.4 is 5.32 Å². The minimum atomic E-state index is -0.0442. The van der Waals surface area contributed by atoms with Crippen LogP contribution >= 0.6 is 0 Å². The first kappa shape index (κ1) is 22.8. The Bertz CT molecular complexity index is 1090. The van der Waals surface area contributed by atoms with Crippen LogP contribution in [0.3, 0.4) is 0 Å². The first-order valence-corrected chi connectivity index (χ1v) is 12.4. The third-order valence-corrected chi connectivity index (χ3v) is 7.56. The number of methoxy groups -OCH3 is 1. The maximum Gasteiger partial charge on any atom is 0.228 e. The van der Waals surface area contributed by atoms with Gasteiger partial charge in [-0.05, 0) is 41.0 Å². The van der Waals surface area contributed by atoms with Gasteiger partial charge in [-0.1, -0.05) is 84.9 Å². The SMILES string of the molecule is COCc1cccc(C2CNC[C@H]2C(=O)N2CCC(c3ccccc3)CC2c2ccccc2)c1. The second-order valence-electron chi connectivity index (χ2n) is 9.64. The lowest BCUT2D eigenvalue weighted by Crippen LogP contribution is -2.45.